The summed E-state index contributed by atoms with van der Waals surface area (Å²) in [6.45, 7) is 2.83. The highest BCUT2D eigenvalue weighted by Crippen LogP contribution is 2.28. The van der Waals surface area contributed by atoms with Crippen molar-refractivity contribution in [2.75, 3.05) is 13.1 Å². The molecule has 5 nitrogen and oxygen atoms in total. The van der Waals surface area contributed by atoms with Crippen molar-refractivity contribution >= 4 is 11.8 Å². The minimum Gasteiger partial charge on any atom is -0.329 e. The first-order valence-electron chi connectivity index (χ1n) is 6.69. The molecule has 0 saturated carbocycles. The molecule has 2 aliphatic rings. The molecule has 0 spiro atoms. The van der Waals surface area contributed by atoms with Gasteiger partial charge in [0.2, 0.25) is 11.8 Å². The predicted octanol–water partition coefficient (Wildman–Crippen LogP) is 0.976. The average molecular weight is 259 g/mol. The van der Waals surface area contributed by atoms with Crippen LogP contribution >= 0.6 is 0 Å². The summed E-state index contributed by atoms with van der Waals surface area (Å²) in [5.41, 5.74) is 0.829. The molecular weight excluding hydrogens is 242 g/mol. The highest BCUT2D eigenvalue weighted by atomic mass is 16.2. The summed E-state index contributed by atoms with van der Waals surface area (Å²) in [7, 11) is 0. The minimum atomic E-state index is -0.243. The monoisotopic (exact) mass is 259 g/mol. The Hall–Kier alpha value is -1.91. The lowest BCUT2D eigenvalue weighted by Crippen LogP contribution is -2.57. The SMILES string of the molecule is CC(c1ccccn1)N1CC(=O)N2CCCC2C1=O. The van der Waals surface area contributed by atoms with E-state index in [2.05, 4.69) is 4.98 Å². The molecule has 2 atom stereocenters. The summed E-state index contributed by atoms with van der Waals surface area (Å²) < 4.78 is 0. The van der Waals surface area contributed by atoms with Crippen LogP contribution < -0.4 is 0 Å². The molecule has 1 aromatic heterocycles. The minimum absolute atomic E-state index is 0.0601. The van der Waals surface area contributed by atoms with E-state index in [0.29, 0.717) is 0 Å². The molecule has 0 aliphatic carbocycles. The second kappa shape index (κ2) is 4.64. The molecule has 2 aliphatic heterocycles. The van der Waals surface area contributed by atoms with Crippen molar-refractivity contribution in [1.82, 2.24) is 14.8 Å². The van der Waals surface area contributed by atoms with E-state index in [-0.39, 0.29) is 30.4 Å². The molecular formula is C14H17N3O2. The number of pyridine rings is 1. The van der Waals surface area contributed by atoms with Crippen LogP contribution in [0.1, 0.15) is 31.5 Å². The summed E-state index contributed by atoms with van der Waals surface area (Å²) in [6, 6.07) is 5.24. The number of carbonyl (C=O) groups is 2. The molecule has 3 heterocycles. The van der Waals surface area contributed by atoms with Gasteiger partial charge < -0.3 is 9.80 Å². The van der Waals surface area contributed by atoms with Crippen LogP contribution in [0.15, 0.2) is 24.4 Å². The fourth-order valence-corrected chi connectivity index (χ4v) is 2.94. The van der Waals surface area contributed by atoms with Gasteiger partial charge >= 0.3 is 0 Å². The van der Waals surface area contributed by atoms with Crippen molar-refractivity contribution in [1.29, 1.82) is 0 Å². The first kappa shape index (κ1) is 12.1. The van der Waals surface area contributed by atoms with Gasteiger partial charge in [0.05, 0.1) is 11.7 Å². The largest absolute Gasteiger partial charge is 0.329 e. The van der Waals surface area contributed by atoms with E-state index in [1.54, 1.807) is 16.0 Å². The summed E-state index contributed by atoms with van der Waals surface area (Å²) in [6.07, 6.45) is 3.42. The predicted molar refractivity (Wildman–Crippen MR) is 69.1 cm³/mol. The van der Waals surface area contributed by atoms with Gasteiger partial charge in [0.25, 0.3) is 0 Å². The van der Waals surface area contributed by atoms with E-state index in [0.717, 1.165) is 25.1 Å². The van der Waals surface area contributed by atoms with Gasteiger partial charge in [-0.15, -0.1) is 0 Å². The fourth-order valence-electron chi connectivity index (χ4n) is 2.94. The fraction of sp³-hybridized carbons (Fsp3) is 0.500. The highest BCUT2D eigenvalue weighted by Gasteiger charge is 2.43. The Balaban J connectivity index is 1.85. The number of hydrogen-bond acceptors (Lipinski definition) is 3. The van der Waals surface area contributed by atoms with Crippen LogP contribution in [0.3, 0.4) is 0 Å². The van der Waals surface area contributed by atoms with E-state index in [1.807, 2.05) is 25.1 Å². The Morgan fingerprint density at radius 3 is 2.95 bits per heavy atom. The van der Waals surface area contributed by atoms with Crippen LogP contribution in [0.2, 0.25) is 0 Å². The van der Waals surface area contributed by atoms with Crippen molar-refractivity contribution in [3.05, 3.63) is 30.1 Å². The lowest BCUT2D eigenvalue weighted by molar-refractivity contribution is -0.155. The Morgan fingerprint density at radius 1 is 1.37 bits per heavy atom. The lowest BCUT2D eigenvalue weighted by Gasteiger charge is -2.39. The first-order valence-corrected chi connectivity index (χ1v) is 6.69. The normalized spacial score (nSPS) is 24.6. The Morgan fingerprint density at radius 2 is 2.21 bits per heavy atom. The third-order valence-corrected chi connectivity index (χ3v) is 4.03. The molecule has 19 heavy (non-hydrogen) atoms. The Bertz CT molecular complexity index is 503. The number of aromatic nitrogens is 1. The summed E-state index contributed by atoms with van der Waals surface area (Å²) in [5.74, 6) is 0.125. The zero-order valence-electron chi connectivity index (χ0n) is 11.0. The van der Waals surface area contributed by atoms with E-state index in [9.17, 15) is 9.59 Å². The quantitative estimate of drug-likeness (QED) is 0.795. The van der Waals surface area contributed by atoms with Crippen molar-refractivity contribution < 1.29 is 9.59 Å². The number of hydrogen-bond donors (Lipinski definition) is 0. The lowest BCUT2D eigenvalue weighted by atomic mass is 10.1. The standard InChI is InChI=1S/C14H17N3O2/c1-10(11-5-2-3-7-15-11)17-9-13(18)16-8-4-6-12(16)14(17)19/h2-3,5,7,10,12H,4,6,8-9H2,1H3. The van der Waals surface area contributed by atoms with Crippen LogP contribution in [0, 0.1) is 0 Å². The molecule has 2 saturated heterocycles. The highest BCUT2D eigenvalue weighted by molar-refractivity contribution is 5.95. The van der Waals surface area contributed by atoms with Gasteiger partial charge in [-0.25, -0.2) is 0 Å². The smallest absolute Gasteiger partial charge is 0.246 e. The van der Waals surface area contributed by atoms with Crippen molar-refractivity contribution in [2.24, 2.45) is 0 Å². The van der Waals surface area contributed by atoms with Gasteiger partial charge in [0, 0.05) is 12.7 Å². The molecule has 2 amide bonds. The zero-order chi connectivity index (χ0) is 13.4. The van der Waals surface area contributed by atoms with Crippen LogP contribution in [-0.2, 0) is 9.59 Å². The molecule has 1 aromatic rings. The van der Waals surface area contributed by atoms with Gasteiger partial charge in [-0.3, -0.25) is 14.6 Å². The molecule has 3 rings (SSSR count). The van der Waals surface area contributed by atoms with Crippen molar-refractivity contribution in [3.8, 4) is 0 Å². The number of rotatable bonds is 2. The second-order valence-electron chi connectivity index (χ2n) is 5.14. The third kappa shape index (κ3) is 1.99. The summed E-state index contributed by atoms with van der Waals surface area (Å²) >= 11 is 0. The second-order valence-corrected chi connectivity index (χ2v) is 5.14. The van der Waals surface area contributed by atoms with Gasteiger partial charge in [-0.05, 0) is 31.9 Å². The first-order chi connectivity index (χ1) is 9.18. The summed E-state index contributed by atoms with van der Waals surface area (Å²) in [4.78, 5) is 32.2. The molecule has 2 fully saturated rings. The molecule has 0 radical (unpaired) electrons. The molecule has 2 unspecified atom stereocenters. The maximum Gasteiger partial charge on any atom is 0.246 e. The van der Waals surface area contributed by atoms with Crippen LogP contribution in [-0.4, -0.2) is 45.7 Å². The van der Waals surface area contributed by atoms with Crippen LogP contribution in [0.5, 0.6) is 0 Å². The number of amides is 2. The van der Waals surface area contributed by atoms with Gasteiger partial charge in [-0.2, -0.15) is 0 Å². The van der Waals surface area contributed by atoms with Gasteiger partial charge in [0.1, 0.15) is 12.6 Å². The third-order valence-electron chi connectivity index (χ3n) is 4.03. The van der Waals surface area contributed by atoms with Crippen LogP contribution in [0.25, 0.3) is 0 Å². The van der Waals surface area contributed by atoms with E-state index < -0.39 is 0 Å². The van der Waals surface area contributed by atoms with Gasteiger partial charge in [-0.1, -0.05) is 6.07 Å². The van der Waals surface area contributed by atoms with E-state index in [1.165, 1.54) is 0 Å². The molecule has 5 heteroatoms. The topological polar surface area (TPSA) is 53.5 Å². The molecule has 100 valence electrons. The maximum absolute atomic E-state index is 12.5. The Kier molecular flexibility index (Phi) is 2.97. The molecule has 0 N–H and O–H groups in total. The number of piperazine rings is 1. The molecule has 0 bridgehead atoms. The van der Waals surface area contributed by atoms with Crippen molar-refractivity contribution in [2.45, 2.75) is 31.8 Å². The molecule has 0 aromatic carbocycles. The number of carbonyl (C=O) groups excluding carboxylic acids is 2. The number of nitrogens with zero attached hydrogens (tertiary/aromatic N) is 3. The van der Waals surface area contributed by atoms with E-state index >= 15 is 0 Å². The summed E-state index contributed by atoms with van der Waals surface area (Å²) in [5, 5.41) is 0. The van der Waals surface area contributed by atoms with Crippen molar-refractivity contribution in [3.63, 3.8) is 0 Å². The Labute approximate surface area is 112 Å². The zero-order valence-corrected chi connectivity index (χ0v) is 11.0. The maximum atomic E-state index is 12.5. The average Bonchev–Trinajstić information content (AvgIpc) is 2.93. The number of fused-ring (bicyclic) bond motifs is 1. The van der Waals surface area contributed by atoms with E-state index in [4.69, 9.17) is 0 Å². The van der Waals surface area contributed by atoms with Gasteiger partial charge in [0.15, 0.2) is 0 Å². The van der Waals surface area contributed by atoms with Crippen LogP contribution in [0.4, 0.5) is 0 Å².